The minimum atomic E-state index is 0.807. The molecule has 0 bridgehead atoms. The van der Waals surface area contributed by atoms with Crippen LogP contribution >= 0.6 is 0 Å². The van der Waals surface area contributed by atoms with Gasteiger partial charge in [-0.1, -0.05) is 6.08 Å². The monoisotopic (exact) mass is 121 g/mol. The fourth-order valence-corrected chi connectivity index (χ4v) is 0.774. The summed E-state index contributed by atoms with van der Waals surface area (Å²) in [6.45, 7) is 1.93. The van der Waals surface area contributed by atoms with E-state index in [9.17, 15) is 0 Å². The lowest BCUT2D eigenvalue weighted by molar-refractivity contribution is 0.716. The van der Waals surface area contributed by atoms with Crippen molar-refractivity contribution in [2.75, 3.05) is 0 Å². The molecule has 1 radical (unpaired) electrons. The van der Waals surface area contributed by atoms with Gasteiger partial charge in [-0.2, -0.15) is 0 Å². The summed E-state index contributed by atoms with van der Waals surface area (Å²) in [5.41, 5.74) is 0. The van der Waals surface area contributed by atoms with Crippen LogP contribution in [0.15, 0.2) is 6.08 Å². The zero-order chi connectivity index (χ0) is 6.10. The summed E-state index contributed by atoms with van der Waals surface area (Å²) in [4.78, 5) is 0. The first-order chi connectivity index (χ1) is 4.47. The number of hydrogen-bond donors (Lipinski definition) is 0. The largest absolute Gasteiger partial charge is 0.220 e. The lowest BCUT2D eigenvalue weighted by atomic mass is 10.3. The van der Waals surface area contributed by atoms with E-state index in [1.165, 1.54) is 0 Å². The van der Waals surface area contributed by atoms with Crippen LogP contribution in [0.2, 0.25) is 0 Å². The average Bonchev–Trinajstić information content (AvgIpc) is 2.33. The Kier molecular flexibility index (Phi) is 0.855. The van der Waals surface area contributed by atoms with Crippen LogP contribution in [-0.2, 0) is 0 Å². The molecule has 0 amide bonds. The first-order valence-electron chi connectivity index (χ1n) is 2.74. The highest BCUT2D eigenvalue weighted by Crippen LogP contribution is 2.06. The molecule has 2 rings (SSSR count). The zero-order valence-corrected chi connectivity index (χ0v) is 4.73. The Balaban J connectivity index is 2.53. The summed E-state index contributed by atoms with van der Waals surface area (Å²) in [5, 5.41) is 10.9. The van der Waals surface area contributed by atoms with Crippen molar-refractivity contribution in [2.24, 2.45) is 0 Å². The predicted octanol–water partition coefficient (Wildman–Crippen LogP) is 0.0999. The molecule has 4 nitrogen and oxygen atoms in total. The molecule has 1 aliphatic rings. The Morgan fingerprint density at radius 2 is 2.56 bits per heavy atom. The van der Waals surface area contributed by atoms with Crippen molar-refractivity contribution in [3.8, 4) is 0 Å². The number of tetrazole rings is 1. The molecular formula is C5H5N4. The van der Waals surface area contributed by atoms with Gasteiger partial charge in [0.1, 0.15) is 0 Å². The second-order valence-corrected chi connectivity index (χ2v) is 1.80. The Labute approximate surface area is 52.2 Å². The molecule has 1 aromatic heterocycles. The number of hydrogen-bond acceptors (Lipinski definition) is 3. The van der Waals surface area contributed by atoms with Gasteiger partial charge in [-0.15, -0.1) is 5.10 Å². The van der Waals surface area contributed by atoms with Gasteiger partial charge in [0.2, 0.25) is 0 Å². The molecule has 0 saturated carbocycles. The molecule has 0 aromatic carbocycles. The van der Waals surface area contributed by atoms with E-state index in [0.717, 1.165) is 12.2 Å². The zero-order valence-electron chi connectivity index (χ0n) is 4.73. The lowest BCUT2D eigenvalue weighted by Crippen LogP contribution is -2.02. The summed E-state index contributed by atoms with van der Waals surface area (Å²) in [6, 6.07) is 0. The Bertz CT molecular complexity index is 237. The van der Waals surface area contributed by atoms with E-state index >= 15 is 0 Å². The third kappa shape index (κ3) is 0.630. The minimum Gasteiger partial charge on any atom is -0.220 e. The van der Waals surface area contributed by atoms with Crippen molar-refractivity contribution in [2.45, 2.75) is 6.42 Å². The fourth-order valence-electron chi connectivity index (χ4n) is 0.774. The van der Waals surface area contributed by atoms with Crippen LogP contribution in [0, 0.1) is 6.54 Å². The third-order valence-corrected chi connectivity index (χ3v) is 1.20. The van der Waals surface area contributed by atoms with Gasteiger partial charge in [0.05, 0.1) is 6.54 Å². The Hall–Kier alpha value is -1.19. The first kappa shape index (κ1) is 4.67. The molecule has 0 aliphatic carbocycles. The van der Waals surface area contributed by atoms with Gasteiger partial charge in [-0.3, -0.25) is 0 Å². The summed E-state index contributed by atoms with van der Waals surface area (Å²) in [5.74, 6) is 0.807. The van der Waals surface area contributed by atoms with Crippen LogP contribution in [0.3, 0.4) is 0 Å². The van der Waals surface area contributed by atoms with Crippen molar-refractivity contribution < 1.29 is 0 Å². The number of fused-ring (bicyclic) bond motifs is 1. The molecule has 1 aliphatic heterocycles. The van der Waals surface area contributed by atoms with E-state index in [1.807, 2.05) is 18.7 Å². The van der Waals surface area contributed by atoms with E-state index in [4.69, 9.17) is 0 Å². The van der Waals surface area contributed by atoms with Gasteiger partial charge >= 0.3 is 0 Å². The summed E-state index contributed by atoms with van der Waals surface area (Å²) in [7, 11) is 0. The lowest BCUT2D eigenvalue weighted by Gasteiger charge is -2.01. The second kappa shape index (κ2) is 1.65. The molecular weight excluding hydrogens is 116 g/mol. The third-order valence-electron chi connectivity index (χ3n) is 1.20. The maximum Gasteiger partial charge on any atom is 0.174 e. The molecule has 0 unspecified atom stereocenters. The standard InChI is InChI=1S/C5H5N4/c1-2-4-9-5(3-1)6-7-8-9/h1,3-4H,2H2. The number of aromatic nitrogens is 4. The highest BCUT2D eigenvalue weighted by molar-refractivity contribution is 5.41. The van der Waals surface area contributed by atoms with Gasteiger partial charge in [0.25, 0.3) is 0 Å². The van der Waals surface area contributed by atoms with E-state index in [-0.39, 0.29) is 0 Å². The van der Waals surface area contributed by atoms with E-state index in [1.54, 1.807) is 4.68 Å². The molecule has 0 saturated heterocycles. The van der Waals surface area contributed by atoms with Crippen molar-refractivity contribution in [3.63, 3.8) is 0 Å². The highest BCUT2D eigenvalue weighted by Gasteiger charge is 2.04. The molecule has 4 heteroatoms. The smallest absolute Gasteiger partial charge is 0.174 e. The number of nitrogens with zero attached hydrogens (tertiary/aromatic N) is 4. The van der Waals surface area contributed by atoms with E-state index in [2.05, 4.69) is 15.5 Å². The maximum absolute atomic E-state index is 3.74. The molecule has 0 N–H and O–H groups in total. The first-order valence-corrected chi connectivity index (χ1v) is 2.74. The van der Waals surface area contributed by atoms with Crippen LogP contribution in [0.5, 0.6) is 0 Å². The van der Waals surface area contributed by atoms with Crippen molar-refractivity contribution in [1.29, 1.82) is 0 Å². The van der Waals surface area contributed by atoms with Crippen LogP contribution < -0.4 is 0 Å². The molecule has 9 heavy (non-hydrogen) atoms. The summed E-state index contributed by atoms with van der Waals surface area (Å²) >= 11 is 0. The summed E-state index contributed by atoms with van der Waals surface area (Å²) in [6.07, 6.45) is 4.84. The normalized spacial score (nSPS) is 15.6. The average molecular weight is 121 g/mol. The molecule has 0 fully saturated rings. The van der Waals surface area contributed by atoms with Gasteiger partial charge in [0.15, 0.2) is 5.82 Å². The van der Waals surface area contributed by atoms with Crippen molar-refractivity contribution in [1.82, 2.24) is 20.2 Å². The quantitative estimate of drug-likeness (QED) is 0.489. The molecule has 45 valence electrons. The minimum absolute atomic E-state index is 0.807. The van der Waals surface area contributed by atoms with E-state index in [0.29, 0.717) is 0 Å². The Morgan fingerprint density at radius 3 is 3.44 bits per heavy atom. The van der Waals surface area contributed by atoms with Crippen LogP contribution in [0.1, 0.15) is 12.2 Å². The van der Waals surface area contributed by atoms with Crippen LogP contribution in [0.4, 0.5) is 0 Å². The summed E-state index contributed by atoms with van der Waals surface area (Å²) < 4.78 is 1.67. The molecule has 0 spiro atoms. The van der Waals surface area contributed by atoms with Gasteiger partial charge in [0, 0.05) is 0 Å². The highest BCUT2D eigenvalue weighted by atomic mass is 15.5. The predicted molar refractivity (Wildman–Crippen MR) is 31.2 cm³/mol. The van der Waals surface area contributed by atoms with Gasteiger partial charge < -0.3 is 0 Å². The van der Waals surface area contributed by atoms with E-state index < -0.39 is 0 Å². The van der Waals surface area contributed by atoms with Gasteiger partial charge in [-0.05, 0) is 22.9 Å². The second-order valence-electron chi connectivity index (χ2n) is 1.80. The Morgan fingerprint density at radius 1 is 1.56 bits per heavy atom. The topological polar surface area (TPSA) is 43.6 Å². The maximum atomic E-state index is 3.74. The molecule has 1 aromatic rings. The van der Waals surface area contributed by atoms with Crippen molar-refractivity contribution in [3.05, 3.63) is 18.4 Å². The SMILES string of the molecule is [CH]1CC=Cc2nnnn21. The number of allylic oxidation sites excluding steroid dienone is 1. The number of rotatable bonds is 0. The van der Waals surface area contributed by atoms with Crippen LogP contribution in [-0.4, -0.2) is 20.2 Å². The molecule has 0 atom stereocenters. The van der Waals surface area contributed by atoms with Crippen molar-refractivity contribution >= 4 is 6.08 Å². The van der Waals surface area contributed by atoms with Crippen LogP contribution in [0.25, 0.3) is 6.08 Å². The fraction of sp³-hybridized carbons (Fsp3) is 0.200. The van der Waals surface area contributed by atoms with Gasteiger partial charge in [-0.25, -0.2) is 4.68 Å². The molecule has 2 heterocycles.